The first-order valence-corrected chi connectivity index (χ1v) is 4.31. The molecule has 1 aromatic rings. The molecule has 0 aliphatic carbocycles. The van der Waals surface area contributed by atoms with Gasteiger partial charge in [-0.1, -0.05) is 30.3 Å². The highest BCUT2D eigenvalue weighted by atomic mass is 35.5. The van der Waals surface area contributed by atoms with Gasteiger partial charge in [0.1, 0.15) is 6.04 Å². The van der Waals surface area contributed by atoms with Crippen molar-refractivity contribution in [2.45, 2.75) is 12.5 Å². The van der Waals surface area contributed by atoms with Crippen molar-refractivity contribution < 1.29 is 4.79 Å². The monoisotopic (exact) mass is 198 g/mol. The second kappa shape index (κ2) is 4.84. The van der Waals surface area contributed by atoms with Crippen molar-refractivity contribution >= 4 is 17.7 Å². The summed E-state index contributed by atoms with van der Waals surface area (Å²) < 4.78 is 0. The fourth-order valence-electron chi connectivity index (χ4n) is 1.04. The summed E-state index contributed by atoms with van der Waals surface area (Å²) in [5, 5.41) is 0. The van der Waals surface area contributed by atoms with Gasteiger partial charge in [-0.2, -0.15) is 0 Å². The Labute approximate surface area is 82.0 Å². The highest BCUT2D eigenvalue weighted by molar-refractivity contribution is 6.15. The number of nitrogens with two attached hydrogens (primary N) is 1. The van der Waals surface area contributed by atoms with E-state index in [4.69, 9.17) is 17.5 Å². The van der Waals surface area contributed by atoms with Gasteiger partial charge in [-0.15, -0.1) is 0 Å². The number of primary amides is 1. The normalized spacial score (nSPS) is 12.4. The fraction of sp³-hybridized carbons (Fsp3) is 0.222. The predicted octanol–water partition coefficient (Wildman–Crippen LogP) is 0.826. The second-order valence-electron chi connectivity index (χ2n) is 2.75. The van der Waals surface area contributed by atoms with Gasteiger partial charge in [0.15, 0.2) is 0 Å². The van der Waals surface area contributed by atoms with Gasteiger partial charge < -0.3 is 5.73 Å². The molecule has 0 heterocycles. The van der Waals surface area contributed by atoms with Gasteiger partial charge in [0.2, 0.25) is 5.91 Å². The molecule has 0 aliphatic rings. The molecule has 0 radical (unpaired) electrons. The molecule has 0 unspecified atom stereocenters. The molecule has 1 rings (SSSR count). The lowest BCUT2D eigenvalue weighted by Gasteiger charge is -2.09. The lowest BCUT2D eigenvalue weighted by molar-refractivity contribution is -0.119. The minimum Gasteiger partial charge on any atom is -0.368 e. The number of rotatable bonds is 4. The SMILES string of the molecule is NC(=O)[C@@H](Cc1ccccc1)NCl. The third-order valence-electron chi connectivity index (χ3n) is 1.76. The third-order valence-corrected chi connectivity index (χ3v) is 2.02. The summed E-state index contributed by atoms with van der Waals surface area (Å²) in [5.74, 6) is -0.446. The van der Waals surface area contributed by atoms with Gasteiger partial charge in [-0.05, 0) is 23.8 Å². The molecule has 1 aromatic carbocycles. The van der Waals surface area contributed by atoms with Crippen molar-refractivity contribution in [2.24, 2.45) is 5.73 Å². The van der Waals surface area contributed by atoms with Crippen LogP contribution in [-0.4, -0.2) is 11.9 Å². The maximum absolute atomic E-state index is 10.8. The molecule has 1 amide bonds. The number of carbonyl (C=O) groups is 1. The zero-order valence-corrected chi connectivity index (χ0v) is 7.79. The molecule has 4 heteroatoms. The molecule has 0 aliphatic heterocycles. The molecule has 3 nitrogen and oxygen atoms in total. The van der Waals surface area contributed by atoms with E-state index in [1.807, 2.05) is 30.3 Å². The summed E-state index contributed by atoms with van der Waals surface area (Å²) >= 11 is 5.36. The van der Waals surface area contributed by atoms with E-state index in [2.05, 4.69) is 4.84 Å². The first-order chi connectivity index (χ1) is 6.24. The quantitative estimate of drug-likeness (QED) is 0.705. The summed E-state index contributed by atoms with van der Waals surface area (Å²) in [6, 6.07) is 9.05. The molecule has 0 saturated carbocycles. The Bertz CT molecular complexity index is 276. The van der Waals surface area contributed by atoms with Gasteiger partial charge in [0, 0.05) is 0 Å². The van der Waals surface area contributed by atoms with Crippen molar-refractivity contribution in [3.05, 3.63) is 35.9 Å². The molecular formula is C9H11ClN2O. The van der Waals surface area contributed by atoms with Crippen LogP contribution >= 0.6 is 11.8 Å². The number of halogens is 1. The van der Waals surface area contributed by atoms with Crippen LogP contribution in [0.2, 0.25) is 0 Å². The van der Waals surface area contributed by atoms with Gasteiger partial charge in [-0.25, -0.2) is 4.84 Å². The number of nitrogens with one attached hydrogen (secondary N) is 1. The van der Waals surface area contributed by atoms with Crippen LogP contribution in [-0.2, 0) is 11.2 Å². The van der Waals surface area contributed by atoms with Gasteiger partial charge in [0.25, 0.3) is 0 Å². The van der Waals surface area contributed by atoms with E-state index in [-0.39, 0.29) is 0 Å². The largest absolute Gasteiger partial charge is 0.368 e. The van der Waals surface area contributed by atoms with E-state index in [0.717, 1.165) is 5.56 Å². The van der Waals surface area contributed by atoms with Gasteiger partial charge in [-0.3, -0.25) is 4.79 Å². The molecule has 0 bridgehead atoms. The van der Waals surface area contributed by atoms with Crippen molar-refractivity contribution in [3.8, 4) is 0 Å². The smallest absolute Gasteiger partial charge is 0.236 e. The van der Waals surface area contributed by atoms with Gasteiger partial charge >= 0.3 is 0 Å². The third kappa shape index (κ3) is 3.05. The summed E-state index contributed by atoms with van der Waals surface area (Å²) in [4.78, 5) is 13.2. The van der Waals surface area contributed by atoms with Crippen LogP contribution in [0.15, 0.2) is 30.3 Å². The average molecular weight is 199 g/mol. The van der Waals surface area contributed by atoms with Crippen molar-refractivity contribution in [2.75, 3.05) is 0 Å². The Balaban J connectivity index is 2.62. The van der Waals surface area contributed by atoms with Crippen molar-refractivity contribution in [1.82, 2.24) is 4.84 Å². The van der Waals surface area contributed by atoms with E-state index < -0.39 is 11.9 Å². The van der Waals surface area contributed by atoms with Crippen LogP contribution in [0, 0.1) is 0 Å². The molecule has 13 heavy (non-hydrogen) atoms. The average Bonchev–Trinajstić information content (AvgIpc) is 2.15. The van der Waals surface area contributed by atoms with E-state index in [9.17, 15) is 4.79 Å². The molecule has 0 saturated heterocycles. The first-order valence-electron chi connectivity index (χ1n) is 3.93. The number of carbonyl (C=O) groups excluding carboxylic acids is 1. The van der Waals surface area contributed by atoms with Crippen LogP contribution in [0.1, 0.15) is 5.56 Å². The Kier molecular flexibility index (Phi) is 3.73. The highest BCUT2D eigenvalue weighted by Gasteiger charge is 2.13. The van der Waals surface area contributed by atoms with Crippen LogP contribution in [0.4, 0.5) is 0 Å². The van der Waals surface area contributed by atoms with Crippen LogP contribution in [0.5, 0.6) is 0 Å². The van der Waals surface area contributed by atoms with E-state index in [0.29, 0.717) is 6.42 Å². The minimum absolute atomic E-state index is 0.446. The van der Waals surface area contributed by atoms with Crippen molar-refractivity contribution in [3.63, 3.8) is 0 Å². The van der Waals surface area contributed by atoms with E-state index >= 15 is 0 Å². The Morgan fingerprint density at radius 2 is 2.08 bits per heavy atom. The molecule has 0 spiro atoms. The highest BCUT2D eigenvalue weighted by Crippen LogP contribution is 2.03. The summed E-state index contributed by atoms with van der Waals surface area (Å²) in [6.07, 6.45) is 0.514. The van der Waals surface area contributed by atoms with Crippen LogP contribution < -0.4 is 10.6 Å². The zero-order chi connectivity index (χ0) is 9.68. The molecular weight excluding hydrogens is 188 g/mol. The van der Waals surface area contributed by atoms with Crippen molar-refractivity contribution in [1.29, 1.82) is 0 Å². The van der Waals surface area contributed by atoms with Crippen LogP contribution in [0.25, 0.3) is 0 Å². The van der Waals surface area contributed by atoms with Crippen LogP contribution in [0.3, 0.4) is 0 Å². The molecule has 0 fully saturated rings. The number of amides is 1. The lowest BCUT2D eigenvalue weighted by atomic mass is 10.1. The molecule has 1 atom stereocenters. The maximum atomic E-state index is 10.8. The fourth-order valence-corrected chi connectivity index (χ4v) is 1.23. The minimum atomic E-state index is -0.510. The maximum Gasteiger partial charge on any atom is 0.236 e. The second-order valence-corrected chi connectivity index (χ2v) is 2.97. The van der Waals surface area contributed by atoms with Gasteiger partial charge in [0.05, 0.1) is 0 Å². The van der Waals surface area contributed by atoms with E-state index in [1.54, 1.807) is 0 Å². The van der Waals surface area contributed by atoms with E-state index in [1.165, 1.54) is 0 Å². The predicted molar refractivity (Wildman–Crippen MR) is 52.1 cm³/mol. The summed E-state index contributed by atoms with van der Waals surface area (Å²) in [5.41, 5.74) is 6.14. The Morgan fingerprint density at radius 3 is 2.54 bits per heavy atom. The zero-order valence-electron chi connectivity index (χ0n) is 7.03. The first kappa shape index (κ1) is 10.0. The number of benzene rings is 1. The topological polar surface area (TPSA) is 55.1 Å². The standard InChI is InChI=1S/C9H11ClN2O/c10-12-8(9(11)13)6-7-4-2-1-3-5-7/h1-5,8,12H,6H2,(H2,11,13)/t8-/m1/s1. The molecule has 3 N–H and O–H groups in total. The lowest BCUT2D eigenvalue weighted by Crippen LogP contribution is -2.38. The summed E-state index contributed by atoms with van der Waals surface area (Å²) in [7, 11) is 0. The molecule has 0 aromatic heterocycles. The molecule has 70 valence electrons. The summed E-state index contributed by atoms with van der Waals surface area (Å²) in [6.45, 7) is 0. The Morgan fingerprint density at radius 1 is 1.46 bits per heavy atom. The Hall–Kier alpha value is -1.06. The number of hydrogen-bond donors (Lipinski definition) is 2. The number of hydrogen-bond acceptors (Lipinski definition) is 2.